The van der Waals surface area contributed by atoms with E-state index in [-0.39, 0.29) is 11.5 Å². The molecular weight excluding hydrogens is 280 g/mol. The number of benzene rings is 2. The number of carbonyl (C=O) groups is 1. The summed E-state index contributed by atoms with van der Waals surface area (Å²) in [5.74, 6) is 0.644. The largest absolute Gasteiger partial charge is 0.497 e. The van der Waals surface area contributed by atoms with E-state index >= 15 is 0 Å². The second kappa shape index (κ2) is 5.73. The van der Waals surface area contributed by atoms with Crippen molar-refractivity contribution in [3.63, 3.8) is 0 Å². The number of carbonyl (C=O) groups excluding carboxylic acids is 1. The smallest absolute Gasteiger partial charge is 0.323 e. The van der Waals surface area contributed by atoms with Gasteiger partial charge < -0.3 is 14.7 Å². The molecule has 0 saturated carbocycles. The van der Waals surface area contributed by atoms with E-state index in [1.54, 1.807) is 31.4 Å². The summed E-state index contributed by atoms with van der Waals surface area (Å²) in [6.07, 6.45) is 3.25. The third-order valence-electron chi connectivity index (χ3n) is 3.34. The molecule has 110 valence electrons. The Bertz CT molecular complexity index is 902. The number of imidazole rings is 1. The van der Waals surface area contributed by atoms with Crippen LogP contribution in [0.5, 0.6) is 5.75 Å². The fourth-order valence-electron chi connectivity index (χ4n) is 2.17. The molecule has 2 aromatic carbocycles. The maximum Gasteiger partial charge on any atom is 0.323 e. The van der Waals surface area contributed by atoms with E-state index in [9.17, 15) is 9.59 Å². The average Bonchev–Trinajstić information content (AvgIpc) is 2.92. The van der Waals surface area contributed by atoms with Crippen LogP contribution in [0.2, 0.25) is 0 Å². The molecule has 0 atom stereocenters. The summed E-state index contributed by atoms with van der Waals surface area (Å²) in [5, 5.41) is 0. The Kier molecular flexibility index (Phi) is 3.62. The number of fused-ring (bicyclic) bond motifs is 1. The zero-order chi connectivity index (χ0) is 15.5. The molecule has 5 nitrogen and oxygen atoms in total. The topological polar surface area (TPSA) is 75.0 Å². The van der Waals surface area contributed by atoms with Crippen molar-refractivity contribution >= 4 is 22.9 Å². The molecule has 0 aliphatic rings. The summed E-state index contributed by atoms with van der Waals surface area (Å²) in [6, 6.07) is 12.5. The highest BCUT2D eigenvalue weighted by Gasteiger charge is 2.05. The summed E-state index contributed by atoms with van der Waals surface area (Å²) in [7, 11) is 1.61. The SMILES string of the molecule is COc1ccc(/C=C/C(=O)c2ccc3[nH]c(=O)[nH]c3c2)cc1. The van der Waals surface area contributed by atoms with E-state index in [0.29, 0.717) is 16.6 Å². The van der Waals surface area contributed by atoms with Crippen LogP contribution >= 0.6 is 0 Å². The van der Waals surface area contributed by atoms with Gasteiger partial charge in [0.1, 0.15) is 5.75 Å². The first-order valence-corrected chi connectivity index (χ1v) is 6.74. The minimum absolute atomic E-state index is 0.125. The Morgan fingerprint density at radius 3 is 2.50 bits per heavy atom. The van der Waals surface area contributed by atoms with Crippen LogP contribution in [-0.4, -0.2) is 22.9 Å². The van der Waals surface area contributed by atoms with Crippen LogP contribution in [0.4, 0.5) is 0 Å². The van der Waals surface area contributed by atoms with Gasteiger partial charge in [0, 0.05) is 5.56 Å². The first-order valence-electron chi connectivity index (χ1n) is 6.74. The molecule has 2 N–H and O–H groups in total. The van der Waals surface area contributed by atoms with Gasteiger partial charge in [-0.15, -0.1) is 0 Å². The standard InChI is InChI=1S/C17H14N2O3/c1-22-13-6-2-11(3-7-13)4-9-16(20)12-5-8-14-15(10-12)19-17(21)18-14/h2-10H,1H3,(H2,18,19,21)/b9-4+. The Morgan fingerprint density at radius 1 is 1.05 bits per heavy atom. The fraction of sp³-hybridized carbons (Fsp3) is 0.0588. The Morgan fingerprint density at radius 2 is 1.77 bits per heavy atom. The molecule has 0 aliphatic carbocycles. The van der Waals surface area contributed by atoms with E-state index in [4.69, 9.17) is 4.74 Å². The zero-order valence-corrected chi connectivity index (χ0v) is 11.9. The van der Waals surface area contributed by atoms with E-state index in [1.165, 1.54) is 6.08 Å². The molecule has 1 heterocycles. The van der Waals surface area contributed by atoms with Gasteiger partial charge >= 0.3 is 5.69 Å². The number of methoxy groups -OCH3 is 1. The van der Waals surface area contributed by atoms with Gasteiger partial charge in [-0.25, -0.2) is 4.79 Å². The number of hydrogen-bond acceptors (Lipinski definition) is 3. The number of ether oxygens (including phenoxy) is 1. The Labute approximate surface area is 126 Å². The lowest BCUT2D eigenvalue weighted by Gasteiger charge is -1.99. The van der Waals surface area contributed by atoms with E-state index < -0.39 is 0 Å². The van der Waals surface area contributed by atoms with Gasteiger partial charge in [0.15, 0.2) is 5.78 Å². The highest BCUT2D eigenvalue weighted by atomic mass is 16.5. The molecule has 0 spiro atoms. The molecule has 0 aliphatic heterocycles. The molecule has 0 radical (unpaired) electrons. The predicted molar refractivity (Wildman–Crippen MR) is 85.3 cm³/mol. The van der Waals surface area contributed by atoms with Crippen molar-refractivity contribution < 1.29 is 9.53 Å². The van der Waals surface area contributed by atoms with Gasteiger partial charge in [-0.05, 0) is 42.0 Å². The molecule has 5 heteroatoms. The number of hydrogen-bond donors (Lipinski definition) is 2. The second-order valence-electron chi connectivity index (χ2n) is 4.81. The number of aromatic nitrogens is 2. The van der Waals surface area contributed by atoms with Crippen LogP contribution in [0.15, 0.2) is 53.3 Å². The number of aromatic amines is 2. The lowest BCUT2D eigenvalue weighted by molar-refractivity contribution is 0.104. The lowest BCUT2D eigenvalue weighted by atomic mass is 10.1. The van der Waals surface area contributed by atoms with Crippen LogP contribution < -0.4 is 10.4 Å². The van der Waals surface area contributed by atoms with Gasteiger partial charge in [0.2, 0.25) is 0 Å². The quantitative estimate of drug-likeness (QED) is 0.574. The second-order valence-corrected chi connectivity index (χ2v) is 4.81. The van der Waals surface area contributed by atoms with Crippen LogP contribution in [0.25, 0.3) is 17.1 Å². The highest BCUT2D eigenvalue weighted by molar-refractivity contribution is 6.08. The zero-order valence-electron chi connectivity index (χ0n) is 11.9. The van der Waals surface area contributed by atoms with Crippen LogP contribution in [0.1, 0.15) is 15.9 Å². The average molecular weight is 294 g/mol. The molecule has 22 heavy (non-hydrogen) atoms. The molecule has 0 amide bonds. The minimum atomic E-state index is -0.284. The number of allylic oxidation sites excluding steroid dienone is 1. The Balaban J connectivity index is 1.82. The first-order chi connectivity index (χ1) is 10.7. The van der Waals surface area contributed by atoms with Crippen molar-refractivity contribution in [2.45, 2.75) is 0 Å². The van der Waals surface area contributed by atoms with Crippen molar-refractivity contribution in [2.75, 3.05) is 7.11 Å². The van der Waals surface area contributed by atoms with Crippen molar-refractivity contribution in [1.82, 2.24) is 9.97 Å². The normalized spacial score (nSPS) is 11.1. The summed E-state index contributed by atoms with van der Waals surface area (Å²) in [4.78, 5) is 28.7. The van der Waals surface area contributed by atoms with Crippen molar-refractivity contribution in [3.05, 3.63) is 70.2 Å². The van der Waals surface area contributed by atoms with E-state index in [0.717, 1.165) is 11.3 Å². The first kappa shape index (κ1) is 13.9. The van der Waals surface area contributed by atoms with Gasteiger partial charge in [0.25, 0.3) is 0 Å². The van der Waals surface area contributed by atoms with Crippen molar-refractivity contribution in [2.24, 2.45) is 0 Å². The third kappa shape index (κ3) is 2.83. The van der Waals surface area contributed by atoms with Gasteiger partial charge in [0.05, 0.1) is 18.1 Å². The molecular formula is C17H14N2O3. The summed E-state index contributed by atoms with van der Waals surface area (Å²) in [5.41, 5.74) is 2.44. The van der Waals surface area contributed by atoms with Crippen LogP contribution in [0, 0.1) is 0 Å². The number of nitrogens with one attached hydrogen (secondary N) is 2. The number of ketones is 1. The molecule has 0 unspecified atom stereocenters. The molecule has 3 rings (SSSR count). The predicted octanol–water partition coefficient (Wildman–Crippen LogP) is 2.76. The molecule has 3 aromatic rings. The summed E-state index contributed by atoms with van der Waals surface area (Å²) >= 11 is 0. The maximum atomic E-state index is 12.2. The summed E-state index contributed by atoms with van der Waals surface area (Å²) in [6.45, 7) is 0. The Hall–Kier alpha value is -3.08. The van der Waals surface area contributed by atoms with Crippen LogP contribution in [0.3, 0.4) is 0 Å². The minimum Gasteiger partial charge on any atom is -0.497 e. The number of rotatable bonds is 4. The van der Waals surface area contributed by atoms with E-state index in [1.807, 2.05) is 24.3 Å². The number of H-pyrrole nitrogens is 2. The molecule has 0 saturated heterocycles. The molecule has 0 fully saturated rings. The van der Waals surface area contributed by atoms with Crippen molar-refractivity contribution in [3.8, 4) is 5.75 Å². The maximum absolute atomic E-state index is 12.2. The fourth-order valence-corrected chi connectivity index (χ4v) is 2.17. The molecule has 0 bridgehead atoms. The van der Waals surface area contributed by atoms with Gasteiger partial charge in [-0.3, -0.25) is 4.79 Å². The van der Waals surface area contributed by atoms with Gasteiger partial charge in [-0.2, -0.15) is 0 Å². The monoisotopic (exact) mass is 294 g/mol. The van der Waals surface area contributed by atoms with Crippen molar-refractivity contribution in [1.29, 1.82) is 0 Å². The lowest BCUT2D eigenvalue weighted by Crippen LogP contribution is -1.99. The molecule has 1 aromatic heterocycles. The van der Waals surface area contributed by atoms with Crippen LogP contribution in [-0.2, 0) is 0 Å². The van der Waals surface area contributed by atoms with Gasteiger partial charge in [-0.1, -0.05) is 18.2 Å². The van der Waals surface area contributed by atoms with E-state index in [2.05, 4.69) is 9.97 Å². The highest BCUT2D eigenvalue weighted by Crippen LogP contribution is 2.14. The third-order valence-corrected chi connectivity index (χ3v) is 3.34. The summed E-state index contributed by atoms with van der Waals surface area (Å²) < 4.78 is 5.08.